The monoisotopic (exact) mass is 375 g/mol. The number of aliphatic hydroxyl groups excluding tert-OH is 2. The largest absolute Gasteiger partial charge is 1.00 e. The van der Waals surface area contributed by atoms with Crippen LogP contribution in [0.15, 0.2) is 24.3 Å². The Labute approximate surface area is 170 Å². The molecule has 1 fully saturated rings. The van der Waals surface area contributed by atoms with Crippen molar-refractivity contribution in [3.8, 4) is 11.5 Å². The van der Waals surface area contributed by atoms with Crippen LogP contribution in [0.25, 0.3) is 6.08 Å². The zero-order valence-electron chi connectivity index (χ0n) is 14.0. The number of hydrogen-bond donors (Lipinski definition) is 6. The van der Waals surface area contributed by atoms with E-state index in [2.05, 4.69) is 5.32 Å². The predicted molar refractivity (Wildman–Crippen MR) is 82.4 cm³/mol. The maximum Gasteiger partial charge on any atom is 1.00 e. The molecule has 0 aliphatic heterocycles. The van der Waals surface area contributed by atoms with Gasteiger partial charge in [0.25, 0.3) is 0 Å². The minimum atomic E-state index is -2.25. The Kier molecular flexibility index (Phi) is 7.63. The Bertz CT molecular complexity index is 709. The molecule has 1 aromatic rings. The van der Waals surface area contributed by atoms with Crippen LogP contribution < -0.4 is 40.0 Å². The first-order valence-electron chi connectivity index (χ1n) is 7.43. The fourth-order valence-electron chi connectivity index (χ4n) is 2.65. The van der Waals surface area contributed by atoms with Gasteiger partial charge in [0, 0.05) is 18.9 Å². The molecule has 0 unspecified atom stereocenters. The number of carbonyl (C=O) groups excluding carboxylic acids is 1. The molecule has 0 bridgehead atoms. The molecular weight excluding hydrogens is 357 g/mol. The van der Waals surface area contributed by atoms with Gasteiger partial charge in [0.2, 0.25) is 5.91 Å². The van der Waals surface area contributed by atoms with Crippen LogP contribution in [0.2, 0.25) is 0 Å². The third kappa shape index (κ3) is 5.19. The van der Waals surface area contributed by atoms with Gasteiger partial charge in [-0.15, -0.1) is 0 Å². The summed E-state index contributed by atoms with van der Waals surface area (Å²) in [4.78, 5) is 23.0. The number of phenols is 1. The molecule has 1 aliphatic carbocycles. The van der Waals surface area contributed by atoms with Crippen LogP contribution in [0.4, 0.5) is 0 Å². The average molecular weight is 375 g/mol. The maximum atomic E-state index is 11.9. The molecule has 2 rings (SSSR count). The normalized spacial score (nSPS) is 28.3. The standard InChI is InChI=1S/C16H19NO8.Na/c18-10-3-1-8(5-11(10)19)2-4-13(21)17-9-6-16(25,15(23)24)7-12(20)14(9)22;/h1-5,9,12,14,18-20,22,25H,6-7H2,(H,17,21)(H,23,24);/q;+1/p-1/b4-2+;/t9-,12+,14-,16+;/m0./s1. The van der Waals surface area contributed by atoms with Crippen molar-refractivity contribution < 1.29 is 69.8 Å². The van der Waals surface area contributed by atoms with Gasteiger partial charge < -0.3 is 36.0 Å². The van der Waals surface area contributed by atoms with Crippen molar-refractivity contribution in [1.29, 1.82) is 0 Å². The molecule has 26 heavy (non-hydrogen) atoms. The molecule has 9 nitrogen and oxygen atoms in total. The number of benzene rings is 1. The van der Waals surface area contributed by atoms with Gasteiger partial charge in [0.15, 0.2) is 5.60 Å². The van der Waals surface area contributed by atoms with Gasteiger partial charge in [-0.05, 0) is 17.7 Å². The molecule has 136 valence electrons. The van der Waals surface area contributed by atoms with Crippen molar-refractivity contribution in [2.75, 3.05) is 0 Å². The predicted octanol–water partition coefficient (Wildman–Crippen LogP) is -4.70. The van der Waals surface area contributed by atoms with E-state index in [4.69, 9.17) is 5.11 Å². The van der Waals surface area contributed by atoms with Crippen molar-refractivity contribution in [2.24, 2.45) is 0 Å². The minimum Gasteiger partial charge on any atom is -0.870 e. The molecule has 0 saturated heterocycles. The molecule has 0 aromatic heterocycles. The molecule has 0 radical (unpaired) electrons. The fraction of sp³-hybridized carbons (Fsp3) is 0.375. The minimum absolute atomic E-state index is 0. The Morgan fingerprint density at radius 2 is 1.92 bits per heavy atom. The summed E-state index contributed by atoms with van der Waals surface area (Å²) < 4.78 is 0. The van der Waals surface area contributed by atoms with Crippen LogP contribution in [-0.4, -0.2) is 61.3 Å². The second kappa shape index (κ2) is 8.85. The van der Waals surface area contributed by atoms with Crippen molar-refractivity contribution >= 4 is 18.0 Å². The number of carboxylic acids is 1. The Hall–Kier alpha value is -1.62. The first-order valence-corrected chi connectivity index (χ1v) is 7.43. The summed E-state index contributed by atoms with van der Waals surface area (Å²) in [6.45, 7) is 0. The summed E-state index contributed by atoms with van der Waals surface area (Å²) in [5, 5.41) is 61.3. The van der Waals surface area contributed by atoms with Crippen LogP contribution in [0.3, 0.4) is 0 Å². The number of aliphatic carboxylic acids is 1. The van der Waals surface area contributed by atoms with Gasteiger partial charge in [-0.25, -0.2) is 4.79 Å². The summed E-state index contributed by atoms with van der Waals surface area (Å²) in [7, 11) is 0. The third-order valence-corrected chi connectivity index (χ3v) is 4.05. The SMILES string of the molecule is O=C(/C=C/c1ccc([O-])c(O)c1)N[C@H]1C[C@](O)(C(=O)O)C[C@@H](O)[C@H]1O.[Na+]. The number of hydrogen-bond acceptors (Lipinski definition) is 7. The molecule has 1 amide bonds. The summed E-state index contributed by atoms with van der Waals surface area (Å²) in [6.07, 6.45) is -1.61. The molecule has 0 spiro atoms. The number of carbonyl (C=O) groups is 2. The maximum absolute atomic E-state index is 11.9. The quantitative estimate of drug-likeness (QED) is 0.225. The summed E-state index contributed by atoms with van der Waals surface area (Å²) >= 11 is 0. The Balaban J connectivity index is 0.00000338. The number of amides is 1. The number of nitrogens with one attached hydrogen (secondary N) is 1. The summed E-state index contributed by atoms with van der Waals surface area (Å²) in [6, 6.07) is 2.50. The Morgan fingerprint density at radius 3 is 2.50 bits per heavy atom. The van der Waals surface area contributed by atoms with Crippen molar-refractivity contribution in [2.45, 2.75) is 36.7 Å². The fourth-order valence-corrected chi connectivity index (χ4v) is 2.65. The van der Waals surface area contributed by atoms with E-state index in [0.29, 0.717) is 5.56 Å². The molecule has 0 heterocycles. The number of rotatable bonds is 4. The second-order valence-electron chi connectivity index (χ2n) is 5.98. The van der Waals surface area contributed by atoms with E-state index in [9.17, 15) is 35.1 Å². The Morgan fingerprint density at radius 1 is 1.27 bits per heavy atom. The van der Waals surface area contributed by atoms with E-state index >= 15 is 0 Å². The molecule has 4 atom stereocenters. The number of carboxylic acid groups (broad SMARTS) is 1. The number of phenolic OH excluding ortho intramolecular Hbond substituents is 1. The van der Waals surface area contributed by atoms with E-state index in [1.165, 1.54) is 12.1 Å². The van der Waals surface area contributed by atoms with Crippen LogP contribution in [0.5, 0.6) is 11.5 Å². The summed E-state index contributed by atoms with van der Waals surface area (Å²) in [5.74, 6) is -3.30. The summed E-state index contributed by atoms with van der Waals surface area (Å²) in [5.41, 5.74) is -1.88. The zero-order chi connectivity index (χ0) is 18.8. The van der Waals surface area contributed by atoms with Gasteiger partial charge in [-0.1, -0.05) is 17.9 Å². The molecule has 1 saturated carbocycles. The van der Waals surface area contributed by atoms with Gasteiger partial charge >= 0.3 is 35.5 Å². The first-order chi connectivity index (χ1) is 11.6. The smallest absolute Gasteiger partial charge is 0.870 e. The zero-order valence-corrected chi connectivity index (χ0v) is 16.0. The van der Waals surface area contributed by atoms with E-state index in [-0.39, 0.29) is 29.6 Å². The van der Waals surface area contributed by atoms with Gasteiger partial charge in [-0.3, -0.25) is 4.79 Å². The molecule has 10 heteroatoms. The van der Waals surface area contributed by atoms with Crippen LogP contribution >= 0.6 is 0 Å². The molecule has 1 aromatic carbocycles. The van der Waals surface area contributed by atoms with Crippen LogP contribution in [0, 0.1) is 0 Å². The van der Waals surface area contributed by atoms with E-state index in [1.54, 1.807) is 0 Å². The van der Waals surface area contributed by atoms with Crippen LogP contribution in [0.1, 0.15) is 18.4 Å². The average Bonchev–Trinajstić information content (AvgIpc) is 2.53. The molecular formula is C16H18NNaO8. The van der Waals surface area contributed by atoms with Gasteiger partial charge in [0.05, 0.1) is 12.1 Å². The molecule has 1 aliphatic rings. The third-order valence-electron chi connectivity index (χ3n) is 4.05. The van der Waals surface area contributed by atoms with E-state index in [1.807, 2.05) is 0 Å². The topological polar surface area (TPSA) is 170 Å². The first kappa shape index (κ1) is 22.4. The van der Waals surface area contributed by atoms with Gasteiger partial charge in [-0.2, -0.15) is 0 Å². The van der Waals surface area contributed by atoms with E-state index in [0.717, 1.165) is 18.2 Å². The van der Waals surface area contributed by atoms with Crippen molar-refractivity contribution in [1.82, 2.24) is 5.32 Å². The number of aliphatic hydroxyl groups is 3. The molecule has 6 N–H and O–H groups in total. The van der Waals surface area contributed by atoms with Crippen LogP contribution in [-0.2, 0) is 9.59 Å². The number of aromatic hydroxyl groups is 1. The second-order valence-corrected chi connectivity index (χ2v) is 5.98. The van der Waals surface area contributed by atoms with Crippen molar-refractivity contribution in [3.05, 3.63) is 29.8 Å². The van der Waals surface area contributed by atoms with E-state index < -0.39 is 60.1 Å². The van der Waals surface area contributed by atoms with Gasteiger partial charge in [0.1, 0.15) is 11.9 Å². The van der Waals surface area contributed by atoms with Crippen molar-refractivity contribution in [3.63, 3.8) is 0 Å².